The first kappa shape index (κ1) is 18.4. The van der Waals surface area contributed by atoms with Crippen LogP contribution in [0.15, 0.2) is 48.5 Å². The Balaban J connectivity index is 2.11. The van der Waals surface area contributed by atoms with Crippen LogP contribution in [0.1, 0.15) is 22.0 Å². The average Bonchev–Trinajstić information content (AvgIpc) is 2.61. The maximum Gasteiger partial charge on any atom is 0.270 e. The smallest absolute Gasteiger partial charge is 0.270 e. The molecule has 1 unspecified atom stereocenters. The van der Waals surface area contributed by atoms with Gasteiger partial charge >= 0.3 is 0 Å². The van der Waals surface area contributed by atoms with E-state index in [1.54, 1.807) is 13.2 Å². The van der Waals surface area contributed by atoms with Crippen molar-refractivity contribution in [3.8, 4) is 5.75 Å². The number of nitro benzene ring substituents is 1. The second kappa shape index (κ2) is 8.25. The monoisotopic (exact) mass is 343 g/mol. The molecule has 0 radical (unpaired) electrons. The third kappa shape index (κ3) is 4.77. The number of carbonyl (C=O) groups excluding carboxylic acids is 1. The van der Waals surface area contributed by atoms with Gasteiger partial charge in [-0.25, -0.2) is 0 Å². The summed E-state index contributed by atoms with van der Waals surface area (Å²) in [5.41, 5.74) is 1.16. The number of hydrogen-bond acceptors (Lipinski definition) is 5. The summed E-state index contributed by atoms with van der Waals surface area (Å²) in [7, 11) is 5.45. The lowest BCUT2D eigenvalue weighted by Crippen LogP contribution is -2.34. The Morgan fingerprint density at radius 3 is 2.60 bits per heavy atom. The Hall–Kier alpha value is -2.93. The highest BCUT2D eigenvalue weighted by Gasteiger charge is 2.17. The van der Waals surface area contributed by atoms with Crippen LogP contribution in [0.4, 0.5) is 5.69 Å². The predicted octanol–water partition coefficient (Wildman–Crippen LogP) is 2.64. The second-order valence-electron chi connectivity index (χ2n) is 5.77. The molecular weight excluding hydrogens is 322 g/mol. The molecule has 2 aromatic rings. The van der Waals surface area contributed by atoms with Crippen molar-refractivity contribution < 1.29 is 14.5 Å². The molecule has 2 rings (SSSR count). The number of likely N-dealkylation sites (N-methyl/N-ethyl adjacent to an activating group) is 1. The van der Waals surface area contributed by atoms with E-state index in [4.69, 9.17) is 4.74 Å². The number of benzene rings is 2. The lowest BCUT2D eigenvalue weighted by Gasteiger charge is -2.25. The first-order valence-electron chi connectivity index (χ1n) is 7.75. The minimum absolute atomic E-state index is 0.0576. The fourth-order valence-electron chi connectivity index (χ4n) is 2.50. The third-order valence-electron chi connectivity index (χ3n) is 3.88. The molecule has 25 heavy (non-hydrogen) atoms. The first-order valence-corrected chi connectivity index (χ1v) is 7.75. The van der Waals surface area contributed by atoms with Crippen LogP contribution in [0.2, 0.25) is 0 Å². The lowest BCUT2D eigenvalue weighted by molar-refractivity contribution is -0.384. The number of amides is 1. The summed E-state index contributed by atoms with van der Waals surface area (Å²) in [5.74, 6) is 0.396. The van der Waals surface area contributed by atoms with Gasteiger partial charge in [-0.1, -0.05) is 18.2 Å². The van der Waals surface area contributed by atoms with Crippen LogP contribution in [-0.2, 0) is 0 Å². The fraction of sp³-hybridized carbons (Fsp3) is 0.278. The zero-order valence-electron chi connectivity index (χ0n) is 14.4. The zero-order valence-corrected chi connectivity index (χ0v) is 14.4. The molecule has 0 saturated carbocycles. The largest absolute Gasteiger partial charge is 0.497 e. The Bertz CT molecular complexity index is 761. The summed E-state index contributed by atoms with van der Waals surface area (Å²) < 4.78 is 5.25. The Morgan fingerprint density at radius 2 is 1.96 bits per heavy atom. The number of hydrogen-bond donors (Lipinski definition) is 1. The van der Waals surface area contributed by atoms with Crippen LogP contribution >= 0.6 is 0 Å². The van der Waals surface area contributed by atoms with Gasteiger partial charge in [0.25, 0.3) is 11.6 Å². The molecule has 0 aliphatic rings. The maximum absolute atomic E-state index is 12.3. The van der Waals surface area contributed by atoms with E-state index < -0.39 is 4.92 Å². The van der Waals surface area contributed by atoms with Crippen LogP contribution in [-0.4, -0.2) is 43.5 Å². The van der Waals surface area contributed by atoms with Crippen molar-refractivity contribution in [1.82, 2.24) is 10.2 Å². The predicted molar refractivity (Wildman–Crippen MR) is 94.9 cm³/mol. The normalized spacial score (nSPS) is 11.8. The van der Waals surface area contributed by atoms with E-state index in [-0.39, 0.29) is 23.2 Å². The van der Waals surface area contributed by atoms with Gasteiger partial charge in [-0.3, -0.25) is 14.9 Å². The van der Waals surface area contributed by atoms with Crippen molar-refractivity contribution in [2.24, 2.45) is 0 Å². The summed E-state index contributed by atoms with van der Waals surface area (Å²) in [5, 5.41) is 13.7. The molecule has 1 N–H and O–H groups in total. The molecule has 1 atom stereocenters. The van der Waals surface area contributed by atoms with E-state index >= 15 is 0 Å². The standard InChI is InChI=1S/C18H21N3O4/c1-20(2)17(13-6-5-9-16(11-13)25-3)12-19-18(22)14-7-4-8-15(10-14)21(23)24/h4-11,17H,12H2,1-3H3,(H,19,22). The molecule has 0 bridgehead atoms. The van der Waals surface area contributed by atoms with Gasteiger partial charge in [0.2, 0.25) is 0 Å². The minimum atomic E-state index is -0.518. The Kier molecular flexibility index (Phi) is 6.08. The quantitative estimate of drug-likeness (QED) is 0.617. The highest BCUT2D eigenvalue weighted by Crippen LogP contribution is 2.22. The van der Waals surface area contributed by atoms with Crippen LogP contribution in [0, 0.1) is 10.1 Å². The van der Waals surface area contributed by atoms with Gasteiger partial charge in [0.1, 0.15) is 5.75 Å². The van der Waals surface area contributed by atoms with E-state index in [1.165, 1.54) is 18.2 Å². The fourth-order valence-corrected chi connectivity index (χ4v) is 2.50. The maximum atomic E-state index is 12.3. The van der Waals surface area contributed by atoms with Crippen molar-refractivity contribution in [2.75, 3.05) is 27.7 Å². The summed E-state index contributed by atoms with van der Waals surface area (Å²) >= 11 is 0. The number of rotatable bonds is 7. The highest BCUT2D eigenvalue weighted by molar-refractivity contribution is 5.94. The number of ether oxygens (including phenoxy) is 1. The van der Waals surface area contributed by atoms with Gasteiger partial charge in [0.15, 0.2) is 0 Å². The summed E-state index contributed by atoms with van der Waals surface area (Å²) in [6.45, 7) is 0.363. The summed E-state index contributed by atoms with van der Waals surface area (Å²) in [6.07, 6.45) is 0. The number of non-ortho nitro benzene ring substituents is 1. The van der Waals surface area contributed by atoms with Crippen LogP contribution in [0.5, 0.6) is 5.75 Å². The van der Waals surface area contributed by atoms with Gasteiger partial charge in [0, 0.05) is 24.2 Å². The molecule has 0 heterocycles. The van der Waals surface area contributed by atoms with Gasteiger partial charge < -0.3 is 15.0 Å². The van der Waals surface area contributed by atoms with E-state index in [0.29, 0.717) is 6.54 Å². The van der Waals surface area contributed by atoms with Crippen molar-refractivity contribution in [1.29, 1.82) is 0 Å². The minimum Gasteiger partial charge on any atom is -0.497 e. The molecule has 0 aliphatic carbocycles. The Morgan fingerprint density at radius 1 is 1.24 bits per heavy atom. The molecule has 0 saturated heterocycles. The van der Waals surface area contributed by atoms with E-state index in [9.17, 15) is 14.9 Å². The Labute approximate surface area is 146 Å². The summed E-state index contributed by atoms with van der Waals surface area (Å²) in [4.78, 5) is 24.6. The molecule has 7 nitrogen and oxygen atoms in total. The number of carbonyl (C=O) groups is 1. The van der Waals surface area contributed by atoms with Crippen molar-refractivity contribution in [2.45, 2.75) is 6.04 Å². The number of nitrogens with zero attached hydrogens (tertiary/aromatic N) is 2. The van der Waals surface area contributed by atoms with Crippen molar-refractivity contribution in [3.63, 3.8) is 0 Å². The molecule has 0 spiro atoms. The molecule has 132 valence electrons. The van der Waals surface area contributed by atoms with E-state index in [1.807, 2.05) is 43.3 Å². The molecule has 0 fully saturated rings. The topological polar surface area (TPSA) is 84.7 Å². The van der Waals surface area contributed by atoms with Gasteiger partial charge in [-0.2, -0.15) is 0 Å². The number of nitro groups is 1. The van der Waals surface area contributed by atoms with Crippen LogP contribution < -0.4 is 10.1 Å². The third-order valence-corrected chi connectivity index (χ3v) is 3.88. The molecule has 1 amide bonds. The van der Waals surface area contributed by atoms with E-state index in [0.717, 1.165) is 11.3 Å². The van der Waals surface area contributed by atoms with Gasteiger partial charge in [0.05, 0.1) is 18.1 Å². The molecular formula is C18H21N3O4. The molecule has 2 aromatic carbocycles. The number of methoxy groups -OCH3 is 1. The lowest BCUT2D eigenvalue weighted by atomic mass is 10.1. The van der Waals surface area contributed by atoms with Crippen molar-refractivity contribution in [3.05, 3.63) is 69.8 Å². The second-order valence-corrected chi connectivity index (χ2v) is 5.77. The van der Waals surface area contributed by atoms with Crippen molar-refractivity contribution >= 4 is 11.6 Å². The molecule has 7 heteroatoms. The van der Waals surface area contributed by atoms with Crippen LogP contribution in [0.25, 0.3) is 0 Å². The highest BCUT2D eigenvalue weighted by atomic mass is 16.6. The summed E-state index contributed by atoms with van der Waals surface area (Å²) in [6, 6.07) is 13.3. The first-order chi connectivity index (χ1) is 11.9. The SMILES string of the molecule is COc1cccc(C(CNC(=O)c2cccc([N+](=O)[O-])c2)N(C)C)c1. The van der Waals surface area contributed by atoms with E-state index in [2.05, 4.69) is 5.32 Å². The molecule has 0 aromatic heterocycles. The van der Waals surface area contributed by atoms with Gasteiger partial charge in [-0.05, 0) is 37.9 Å². The van der Waals surface area contributed by atoms with Gasteiger partial charge in [-0.15, -0.1) is 0 Å². The zero-order chi connectivity index (χ0) is 18.4. The molecule has 0 aliphatic heterocycles. The number of nitrogens with one attached hydrogen (secondary N) is 1. The average molecular weight is 343 g/mol. The van der Waals surface area contributed by atoms with Crippen LogP contribution in [0.3, 0.4) is 0 Å².